The van der Waals surface area contributed by atoms with E-state index in [4.69, 9.17) is 9.47 Å². The standard InChI is InChI=1S/C22H21FN2O3/c1-14-20(10-11-21(24-14)15(2)27-3)22(26)25-17-7-5-9-19(13-17)28-18-8-4-6-16(23)12-18/h4-13,15H,1-3H3,(H,25,26). The zero-order valence-corrected chi connectivity index (χ0v) is 15.9. The van der Waals surface area contributed by atoms with Crippen molar-refractivity contribution in [2.45, 2.75) is 20.0 Å². The van der Waals surface area contributed by atoms with Crippen LogP contribution in [-0.2, 0) is 4.74 Å². The number of carbonyl (C=O) groups is 1. The lowest BCUT2D eigenvalue weighted by atomic mass is 10.1. The van der Waals surface area contributed by atoms with Gasteiger partial charge in [0.1, 0.15) is 17.3 Å². The third-order valence-electron chi connectivity index (χ3n) is 4.25. The molecule has 28 heavy (non-hydrogen) atoms. The number of aromatic nitrogens is 1. The fourth-order valence-corrected chi connectivity index (χ4v) is 2.67. The van der Waals surface area contributed by atoms with E-state index in [0.717, 1.165) is 5.69 Å². The van der Waals surface area contributed by atoms with Gasteiger partial charge in [-0.15, -0.1) is 0 Å². The highest BCUT2D eigenvalue weighted by Gasteiger charge is 2.14. The van der Waals surface area contributed by atoms with Crippen LogP contribution in [0.2, 0.25) is 0 Å². The van der Waals surface area contributed by atoms with E-state index < -0.39 is 0 Å². The fraction of sp³-hybridized carbons (Fsp3) is 0.182. The lowest BCUT2D eigenvalue weighted by Crippen LogP contribution is -2.15. The van der Waals surface area contributed by atoms with Crippen LogP contribution in [0.25, 0.3) is 0 Å². The summed E-state index contributed by atoms with van der Waals surface area (Å²) in [5.74, 6) is 0.217. The number of hydrogen-bond acceptors (Lipinski definition) is 4. The van der Waals surface area contributed by atoms with Gasteiger partial charge in [0.15, 0.2) is 0 Å². The van der Waals surface area contributed by atoms with Crippen molar-refractivity contribution in [1.82, 2.24) is 4.98 Å². The third-order valence-corrected chi connectivity index (χ3v) is 4.25. The molecule has 1 unspecified atom stereocenters. The molecule has 0 aliphatic carbocycles. The number of nitrogens with zero attached hydrogens (tertiary/aromatic N) is 1. The molecular weight excluding hydrogens is 359 g/mol. The third kappa shape index (κ3) is 4.72. The molecule has 0 fully saturated rings. The van der Waals surface area contributed by atoms with Gasteiger partial charge in [0.05, 0.1) is 23.1 Å². The van der Waals surface area contributed by atoms with Crippen molar-refractivity contribution in [3.05, 3.63) is 83.4 Å². The molecule has 1 amide bonds. The Bertz CT molecular complexity index is 991. The summed E-state index contributed by atoms with van der Waals surface area (Å²) >= 11 is 0. The van der Waals surface area contributed by atoms with Crippen LogP contribution in [0.5, 0.6) is 11.5 Å². The van der Waals surface area contributed by atoms with Gasteiger partial charge in [-0.1, -0.05) is 12.1 Å². The molecule has 144 valence electrons. The van der Waals surface area contributed by atoms with E-state index in [2.05, 4.69) is 10.3 Å². The number of benzene rings is 2. The molecule has 1 aromatic heterocycles. The Morgan fingerprint density at radius 3 is 2.46 bits per heavy atom. The Morgan fingerprint density at radius 2 is 1.79 bits per heavy atom. The second-order valence-electron chi connectivity index (χ2n) is 6.29. The van der Waals surface area contributed by atoms with Crippen LogP contribution in [-0.4, -0.2) is 18.0 Å². The monoisotopic (exact) mass is 380 g/mol. The summed E-state index contributed by atoms with van der Waals surface area (Å²) in [6.45, 7) is 3.68. The number of hydrogen-bond donors (Lipinski definition) is 1. The predicted molar refractivity (Wildman–Crippen MR) is 105 cm³/mol. The number of methoxy groups -OCH3 is 1. The molecule has 1 N–H and O–H groups in total. The van der Waals surface area contributed by atoms with Crippen molar-refractivity contribution in [3.8, 4) is 11.5 Å². The largest absolute Gasteiger partial charge is 0.457 e. The average Bonchev–Trinajstić information content (AvgIpc) is 2.67. The highest BCUT2D eigenvalue weighted by molar-refractivity contribution is 6.05. The van der Waals surface area contributed by atoms with Crippen LogP contribution >= 0.6 is 0 Å². The van der Waals surface area contributed by atoms with E-state index in [1.54, 1.807) is 62.6 Å². The molecule has 0 spiro atoms. The number of carbonyl (C=O) groups excluding carboxylic acids is 1. The van der Waals surface area contributed by atoms with Crippen LogP contribution in [0.1, 0.15) is 34.8 Å². The van der Waals surface area contributed by atoms with E-state index >= 15 is 0 Å². The summed E-state index contributed by atoms with van der Waals surface area (Å²) in [5, 5.41) is 2.84. The Hall–Kier alpha value is -3.25. The van der Waals surface area contributed by atoms with Crippen LogP contribution in [0.4, 0.5) is 10.1 Å². The minimum Gasteiger partial charge on any atom is -0.457 e. The summed E-state index contributed by atoms with van der Waals surface area (Å²) in [4.78, 5) is 17.1. The Balaban J connectivity index is 1.74. The second-order valence-corrected chi connectivity index (χ2v) is 6.29. The molecule has 0 saturated heterocycles. The molecule has 5 nitrogen and oxygen atoms in total. The van der Waals surface area contributed by atoms with Crippen LogP contribution in [0, 0.1) is 12.7 Å². The minimum absolute atomic E-state index is 0.146. The maximum absolute atomic E-state index is 13.3. The van der Waals surface area contributed by atoms with Gasteiger partial charge in [-0.25, -0.2) is 4.39 Å². The normalized spacial score (nSPS) is 11.7. The predicted octanol–water partition coefficient (Wildman–Crippen LogP) is 5.28. The smallest absolute Gasteiger partial charge is 0.257 e. The molecule has 0 radical (unpaired) electrons. The van der Waals surface area contributed by atoms with Gasteiger partial charge in [0.25, 0.3) is 5.91 Å². The van der Waals surface area contributed by atoms with Gasteiger partial charge in [-0.2, -0.15) is 0 Å². The molecule has 2 aromatic carbocycles. The quantitative estimate of drug-likeness (QED) is 0.632. The Morgan fingerprint density at radius 1 is 1.07 bits per heavy atom. The molecule has 3 rings (SSSR count). The molecule has 0 aliphatic rings. The summed E-state index contributed by atoms with van der Waals surface area (Å²) < 4.78 is 24.2. The first kappa shape index (κ1) is 19.5. The lowest BCUT2D eigenvalue weighted by Gasteiger charge is -2.13. The number of pyridine rings is 1. The summed E-state index contributed by atoms with van der Waals surface area (Å²) in [7, 11) is 1.61. The second kappa shape index (κ2) is 8.63. The topological polar surface area (TPSA) is 60.5 Å². The van der Waals surface area contributed by atoms with Crippen molar-refractivity contribution in [2.24, 2.45) is 0 Å². The van der Waals surface area contributed by atoms with Gasteiger partial charge in [-0.05, 0) is 50.2 Å². The first-order chi connectivity index (χ1) is 13.5. The molecule has 6 heteroatoms. The van der Waals surface area contributed by atoms with E-state index in [0.29, 0.717) is 28.4 Å². The highest BCUT2D eigenvalue weighted by atomic mass is 19.1. The van der Waals surface area contributed by atoms with Gasteiger partial charge in [0.2, 0.25) is 0 Å². The van der Waals surface area contributed by atoms with E-state index in [1.807, 2.05) is 6.92 Å². The molecule has 0 aliphatic heterocycles. The van der Waals surface area contributed by atoms with Crippen molar-refractivity contribution in [1.29, 1.82) is 0 Å². The maximum Gasteiger partial charge on any atom is 0.257 e. The van der Waals surface area contributed by atoms with Crippen LogP contribution in [0.15, 0.2) is 60.7 Å². The minimum atomic E-state index is -0.379. The van der Waals surface area contributed by atoms with Crippen molar-refractivity contribution < 1.29 is 18.7 Å². The molecular formula is C22H21FN2O3. The number of aryl methyl sites for hydroxylation is 1. The van der Waals surface area contributed by atoms with E-state index in [9.17, 15) is 9.18 Å². The van der Waals surface area contributed by atoms with Gasteiger partial charge >= 0.3 is 0 Å². The van der Waals surface area contributed by atoms with E-state index in [1.165, 1.54) is 12.1 Å². The van der Waals surface area contributed by atoms with Gasteiger partial charge in [0, 0.05) is 24.9 Å². The van der Waals surface area contributed by atoms with Crippen molar-refractivity contribution in [3.63, 3.8) is 0 Å². The van der Waals surface area contributed by atoms with Crippen molar-refractivity contribution >= 4 is 11.6 Å². The summed E-state index contributed by atoms with van der Waals surface area (Å²) in [6.07, 6.45) is -0.146. The molecule has 0 bridgehead atoms. The zero-order valence-electron chi connectivity index (χ0n) is 15.9. The highest BCUT2D eigenvalue weighted by Crippen LogP contribution is 2.25. The number of ether oxygens (including phenoxy) is 2. The number of anilines is 1. The zero-order chi connectivity index (χ0) is 20.1. The SMILES string of the molecule is COC(C)c1ccc(C(=O)Nc2cccc(Oc3cccc(F)c3)c2)c(C)n1. The molecule has 3 aromatic rings. The molecule has 1 heterocycles. The van der Waals surface area contributed by atoms with Gasteiger partial charge < -0.3 is 14.8 Å². The number of halogens is 1. The first-order valence-corrected chi connectivity index (χ1v) is 8.81. The summed E-state index contributed by atoms with van der Waals surface area (Å²) in [6, 6.07) is 16.3. The van der Waals surface area contributed by atoms with Crippen LogP contribution in [0.3, 0.4) is 0 Å². The molecule has 0 saturated carbocycles. The molecule has 1 atom stereocenters. The first-order valence-electron chi connectivity index (χ1n) is 8.81. The fourth-order valence-electron chi connectivity index (χ4n) is 2.67. The summed E-state index contributed by atoms with van der Waals surface area (Å²) in [5.41, 5.74) is 2.42. The number of rotatable bonds is 6. The number of nitrogens with one attached hydrogen (secondary N) is 1. The maximum atomic E-state index is 13.3. The van der Waals surface area contributed by atoms with E-state index in [-0.39, 0.29) is 17.8 Å². The van der Waals surface area contributed by atoms with Crippen molar-refractivity contribution in [2.75, 3.05) is 12.4 Å². The van der Waals surface area contributed by atoms with Gasteiger partial charge in [-0.3, -0.25) is 9.78 Å². The number of amides is 1. The Kier molecular flexibility index (Phi) is 6.01. The average molecular weight is 380 g/mol. The lowest BCUT2D eigenvalue weighted by molar-refractivity contribution is 0.102. The van der Waals surface area contributed by atoms with Crippen LogP contribution < -0.4 is 10.1 Å². The Labute approximate surface area is 163 Å².